The first-order valence-electron chi connectivity index (χ1n) is 6.03. The molecule has 0 aliphatic carbocycles. The van der Waals surface area contributed by atoms with Gasteiger partial charge >= 0.3 is 0 Å². The number of nitrogens with two attached hydrogens (primary N) is 1. The Labute approximate surface area is 119 Å². The van der Waals surface area contributed by atoms with E-state index in [1.54, 1.807) is 0 Å². The zero-order valence-electron chi connectivity index (χ0n) is 10.9. The first-order chi connectivity index (χ1) is 10.0. The number of hydrogen-bond donors (Lipinski definition) is 2. The molecule has 0 aliphatic heterocycles. The predicted molar refractivity (Wildman–Crippen MR) is 73.4 cm³/mol. The molecule has 0 saturated carbocycles. The van der Waals surface area contributed by atoms with Crippen molar-refractivity contribution in [3.63, 3.8) is 0 Å². The van der Waals surface area contributed by atoms with Crippen molar-refractivity contribution in [3.05, 3.63) is 64.7 Å². The van der Waals surface area contributed by atoms with Gasteiger partial charge in [0.05, 0.1) is 11.3 Å². The van der Waals surface area contributed by atoms with Crippen LogP contribution in [0, 0.1) is 23.0 Å². The number of carbonyl (C=O) groups excluding carboxylic acids is 1. The van der Waals surface area contributed by atoms with Crippen LogP contribution in [0.2, 0.25) is 0 Å². The normalized spacial score (nSPS) is 9.95. The molecule has 2 aromatic carbocycles. The van der Waals surface area contributed by atoms with Crippen molar-refractivity contribution >= 4 is 11.6 Å². The summed E-state index contributed by atoms with van der Waals surface area (Å²) in [6, 6.07) is 9.29. The maximum atomic E-state index is 13.7. The van der Waals surface area contributed by atoms with Gasteiger partial charge in [0, 0.05) is 17.7 Å². The van der Waals surface area contributed by atoms with E-state index in [0.717, 1.165) is 12.1 Å². The maximum absolute atomic E-state index is 13.7. The van der Waals surface area contributed by atoms with Gasteiger partial charge in [-0.2, -0.15) is 5.26 Å². The van der Waals surface area contributed by atoms with Crippen LogP contribution in [0.15, 0.2) is 36.4 Å². The van der Waals surface area contributed by atoms with E-state index in [1.807, 2.05) is 6.07 Å². The number of primary amides is 1. The Balaban J connectivity index is 2.22. The van der Waals surface area contributed by atoms with Crippen molar-refractivity contribution in [1.82, 2.24) is 0 Å². The zero-order chi connectivity index (χ0) is 15.4. The molecule has 0 saturated heterocycles. The molecule has 0 heterocycles. The van der Waals surface area contributed by atoms with Crippen LogP contribution in [0.5, 0.6) is 0 Å². The lowest BCUT2D eigenvalue weighted by Crippen LogP contribution is -2.12. The molecule has 1 amide bonds. The van der Waals surface area contributed by atoms with E-state index in [9.17, 15) is 13.6 Å². The van der Waals surface area contributed by atoms with Crippen LogP contribution >= 0.6 is 0 Å². The van der Waals surface area contributed by atoms with Gasteiger partial charge in [0.1, 0.15) is 17.7 Å². The summed E-state index contributed by atoms with van der Waals surface area (Å²) >= 11 is 0. The van der Waals surface area contributed by atoms with Crippen LogP contribution in [0.25, 0.3) is 0 Å². The summed E-state index contributed by atoms with van der Waals surface area (Å²) in [5.41, 5.74) is 6.04. The van der Waals surface area contributed by atoms with Gasteiger partial charge in [-0.3, -0.25) is 4.79 Å². The number of carbonyl (C=O) groups is 1. The van der Waals surface area contributed by atoms with Crippen molar-refractivity contribution < 1.29 is 13.6 Å². The average molecular weight is 287 g/mol. The zero-order valence-corrected chi connectivity index (χ0v) is 10.9. The molecule has 106 valence electrons. The molecule has 0 atom stereocenters. The predicted octanol–water partition coefficient (Wildman–Crippen LogP) is 2.55. The van der Waals surface area contributed by atoms with Crippen LogP contribution in [-0.2, 0) is 6.54 Å². The fraction of sp³-hybridized carbons (Fsp3) is 0.0667. The van der Waals surface area contributed by atoms with Crippen molar-refractivity contribution in [2.45, 2.75) is 6.54 Å². The fourth-order valence-corrected chi connectivity index (χ4v) is 1.82. The first kappa shape index (κ1) is 14.5. The number of halogens is 2. The summed E-state index contributed by atoms with van der Waals surface area (Å²) in [5.74, 6) is -1.69. The van der Waals surface area contributed by atoms with Gasteiger partial charge in [0.25, 0.3) is 0 Å². The molecular formula is C15H11F2N3O. The third-order valence-electron chi connectivity index (χ3n) is 2.90. The highest BCUT2D eigenvalue weighted by Gasteiger charge is 2.09. The van der Waals surface area contributed by atoms with Gasteiger partial charge in [-0.15, -0.1) is 0 Å². The minimum atomic E-state index is -0.657. The van der Waals surface area contributed by atoms with E-state index in [-0.39, 0.29) is 23.2 Å². The molecule has 4 nitrogen and oxygen atoms in total. The largest absolute Gasteiger partial charge is 0.380 e. The molecule has 0 fully saturated rings. The Kier molecular flexibility index (Phi) is 4.14. The van der Waals surface area contributed by atoms with Crippen LogP contribution < -0.4 is 11.1 Å². The second kappa shape index (κ2) is 6.01. The lowest BCUT2D eigenvalue weighted by molar-refractivity contribution is 0.1000. The molecule has 21 heavy (non-hydrogen) atoms. The number of amides is 1. The standard InChI is InChI=1S/C15H11F2N3O/c16-12-2-4-14(10(6-12)7-18)20-8-11-5-9(15(19)21)1-3-13(11)17/h1-6,20H,8H2,(H2,19,21). The Morgan fingerprint density at radius 3 is 2.67 bits per heavy atom. The van der Waals surface area contributed by atoms with Gasteiger partial charge in [-0.05, 0) is 36.4 Å². The van der Waals surface area contributed by atoms with E-state index in [0.29, 0.717) is 5.69 Å². The Hall–Kier alpha value is -2.94. The molecule has 0 aromatic heterocycles. The van der Waals surface area contributed by atoms with Crippen LogP contribution in [-0.4, -0.2) is 5.91 Å². The van der Waals surface area contributed by atoms with Gasteiger partial charge in [0.2, 0.25) is 5.91 Å². The lowest BCUT2D eigenvalue weighted by Gasteiger charge is -2.10. The van der Waals surface area contributed by atoms with Crippen molar-refractivity contribution in [1.29, 1.82) is 5.26 Å². The van der Waals surface area contributed by atoms with Gasteiger partial charge in [0.15, 0.2) is 0 Å². The second-order valence-corrected chi connectivity index (χ2v) is 4.33. The van der Waals surface area contributed by atoms with Crippen LogP contribution in [0.3, 0.4) is 0 Å². The van der Waals surface area contributed by atoms with Crippen LogP contribution in [0.1, 0.15) is 21.5 Å². The summed E-state index contributed by atoms with van der Waals surface area (Å²) in [6.07, 6.45) is 0. The smallest absolute Gasteiger partial charge is 0.248 e. The number of anilines is 1. The number of benzene rings is 2. The van der Waals surface area contributed by atoms with Crippen molar-refractivity contribution in [3.8, 4) is 6.07 Å². The molecule has 0 aliphatic rings. The fourth-order valence-electron chi connectivity index (χ4n) is 1.82. The third-order valence-corrected chi connectivity index (χ3v) is 2.90. The quantitative estimate of drug-likeness (QED) is 0.907. The summed E-state index contributed by atoms with van der Waals surface area (Å²) in [5, 5.41) is 11.8. The number of nitrogens with one attached hydrogen (secondary N) is 1. The second-order valence-electron chi connectivity index (χ2n) is 4.33. The maximum Gasteiger partial charge on any atom is 0.248 e. The molecule has 3 N–H and O–H groups in total. The van der Waals surface area contributed by atoms with E-state index < -0.39 is 17.5 Å². The summed E-state index contributed by atoms with van der Waals surface area (Å²) in [7, 11) is 0. The number of hydrogen-bond acceptors (Lipinski definition) is 3. The molecule has 6 heteroatoms. The minimum absolute atomic E-state index is 0.0350. The molecule has 0 radical (unpaired) electrons. The average Bonchev–Trinajstić information content (AvgIpc) is 2.47. The monoisotopic (exact) mass is 287 g/mol. The molecule has 0 unspecified atom stereocenters. The number of rotatable bonds is 4. The number of nitrogens with zero attached hydrogens (tertiary/aromatic N) is 1. The third kappa shape index (κ3) is 3.34. The Morgan fingerprint density at radius 2 is 2.00 bits per heavy atom. The van der Waals surface area contributed by atoms with E-state index in [4.69, 9.17) is 11.0 Å². The van der Waals surface area contributed by atoms with Crippen molar-refractivity contribution in [2.24, 2.45) is 5.73 Å². The highest BCUT2D eigenvalue weighted by atomic mass is 19.1. The van der Waals surface area contributed by atoms with E-state index >= 15 is 0 Å². The molecule has 2 aromatic rings. The summed E-state index contributed by atoms with van der Waals surface area (Å²) < 4.78 is 26.7. The minimum Gasteiger partial charge on any atom is -0.380 e. The van der Waals surface area contributed by atoms with Crippen molar-refractivity contribution in [2.75, 3.05) is 5.32 Å². The topological polar surface area (TPSA) is 78.9 Å². The van der Waals surface area contributed by atoms with E-state index in [2.05, 4.69) is 5.32 Å². The highest BCUT2D eigenvalue weighted by Crippen LogP contribution is 2.18. The Bertz CT molecular complexity index is 738. The molecule has 0 spiro atoms. The first-order valence-corrected chi connectivity index (χ1v) is 6.03. The molecule has 2 rings (SSSR count). The Morgan fingerprint density at radius 1 is 1.24 bits per heavy atom. The van der Waals surface area contributed by atoms with E-state index in [1.165, 1.54) is 24.3 Å². The van der Waals surface area contributed by atoms with Gasteiger partial charge < -0.3 is 11.1 Å². The van der Waals surface area contributed by atoms with Gasteiger partial charge in [-0.1, -0.05) is 0 Å². The molecule has 0 bridgehead atoms. The SMILES string of the molecule is N#Cc1cc(F)ccc1NCc1cc(C(N)=O)ccc1F. The summed E-state index contributed by atoms with van der Waals surface area (Å²) in [6.45, 7) is 0.0350. The summed E-state index contributed by atoms with van der Waals surface area (Å²) in [4.78, 5) is 11.1. The van der Waals surface area contributed by atoms with Crippen LogP contribution in [0.4, 0.5) is 14.5 Å². The number of nitriles is 1. The lowest BCUT2D eigenvalue weighted by atomic mass is 10.1. The van der Waals surface area contributed by atoms with Gasteiger partial charge in [-0.25, -0.2) is 8.78 Å². The highest BCUT2D eigenvalue weighted by molar-refractivity contribution is 5.92. The molecular weight excluding hydrogens is 276 g/mol.